The number of rotatable bonds is 5. The minimum absolute atomic E-state index is 0.0717. The van der Waals surface area contributed by atoms with E-state index in [9.17, 15) is 4.79 Å². The Labute approximate surface area is 165 Å². The Bertz CT molecular complexity index is 976. The summed E-state index contributed by atoms with van der Waals surface area (Å²) in [5, 5.41) is 0. The van der Waals surface area contributed by atoms with Crippen LogP contribution < -0.4 is 9.47 Å². The highest BCUT2D eigenvalue weighted by Crippen LogP contribution is 2.35. The number of hydrogen-bond acceptors (Lipinski definition) is 3. The number of carbonyl (C=O) groups excluding carboxylic acids is 1. The molecule has 0 unspecified atom stereocenters. The second kappa shape index (κ2) is 7.77. The second-order valence-corrected chi connectivity index (χ2v) is 6.90. The Kier molecular flexibility index (Phi) is 5.02. The highest BCUT2D eigenvalue weighted by molar-refractivity contribution is 6.03. The number of amides is 1. The van der Waals surface area contributed by atoms with Crippen molar-refractivity contribution < 1.29 is 14.3 Å². The van der Waals surface area contributed by atoms with Gasteiger partial charge in [0, 0.05) is 19.2 Å². The molecule has 1 heterocycles. The molecule has 1 aliphatic heterocycles. The van der Waals surface area contributed by atoms with Gasteiger partial charge in [-0.2, -0.15) is 0 Å². The summed E-state index contributed by atoms with van der Waals surface area (Å²) in [7, 11) is 3.26. The first kappa shape index (κ1) is 18.1. The predicted molar refractivity (Wildman–Crippen MR) is 110 cm³/mol. The van der Waals surface area contributed by atoms with Gasteiger partial charge in [0.15, 0.2) is 0 Å². The molecule has 0 radical (unpaired) electrons. The SMILES string of the molecule is COc1cc(OC)cc(-c2cccc3c2C(=O)N(Cc2ccccc2)CC3)c1. The van der Waals surface area contributed by atoms with Gasteiger partial charge in [0.1, 0.15) is 11.5 Å². The van der Waals surface area contributed by atoms with Crippen LogP contribution in [-0.4, -0.2) is 31.6 Å². The molecule has 142 valence electrons. The summed E-state index contributed by atoms with van der Waals surface area (Å²) in [4.78, 5) is 15.3. The maximum absolute atomic E-state index is 13.4. The van der Waals surface area contributed by atoms with Crippen LogP contribution in [-0.2, 0) is 13.0 Å². The van der Waals surface area contributed by atoms with Crippen molar-refractivity contribution in [1.82, 2.24) is 4.90 Å². The Hall–Kier alpha value is -3.27. The largest absolute Gasteiger partial charge is 0.497 e. The van der Waals surface area contributed by atoms with Crippen LogP contribution in [0, 0.1) is 0 Å². The molecule has 4 nitrogen and oxygen atoms in total. The molecule has 0 N–H and O–H groups in total. The molecule has 0 spiro atoms. The number of nitrogens with zero attached hydrogens (tertiary/aromatic N) is 1. The number of hydrogen-bond donors (Lipinski definition) is 0. The van der Waals surface area contributed by atoms with Crippen molar-refractivity contribution in [2.24, 2.45) is 0 Å². The summed E-state index contributed by atoms with van der Waals surface area (Å²) in [5.74, 6) is 1.48. The van der Waals surface area contributed by atoms with Crippen molar-refractivity contribution in [2.75, 3.05) is 20.8 Å². The maximum atomic E-state index is 13.4. The lowest BCUT2D eigenvalue weighted by molar-refractivity contribution is 0.0728. The molecular formula is C24H23NO3. The third kappa shape index (κ3) is 3.46. The third-order valence-corrected chi connectivity index (χ3v) is 5.18. The van der Waals surface area contributed by atoms with Gasteiger partial charge in [-0.3, -0.25) is 4.79 Å². The highest BCUT2D eigenvalue weighted by Gasteiger charge is 2.27. The lowest BCUT2D eigenvalue weighted by Gasteiger charge is -2.30. The zero-order valence-corrected chi connectivity index (χ0v) is 16.1. The summed E-state index contributed by atoms with van der Waals surface area (Å²) in [6.45, 7) is 1.35. The quantitative estimate of drug-likeness (QED) is 0.658. The summed E-state index contributed by atoms with van der Waals surface area (Å²) in [5.41, 5.74) is 4.84. The molecule has 28 heavy (non-hydrogen) atoms. The van der Waals surface area contributed by atoms with E-state index in [1.807, 2.05) is 59.5 Å². The molecule has 0 fully saturated rings. The van der Waals surface area contributed by atoms with Gasteiger partial charge in [-0.05, 0) is 40.8 Å². The fraction of sp³-hybridized carbons (Fsp3) is 0.208. The monoisotopic (exact) mass is 373 g/mol. The van der Waals surface area contributed by atoms with Crippen molar-refractivity contribution >= 4 is 5.91 Å². The van der Waals surface area contributed by atoms with E-state index in [2.05, 4.69) is 12.1 Å². The van der Waals surface area contributed by atoms with E-state index >= 15 is 0 Å². The molecule has 0 aromatic heterocycles. The summed E-state index contributed by atoms with van der Waals surface area (Å²) >= 11 is 0. The van der Waals surface area contributed by atoms with Gasteiger partial charge in [-0.25, -0.2) is 0 Å². The van der Waals surface area contributed by atoms with E-state index in [0.29, 0.717) is 18.0 Å². The van der Waals surface area contributed by atoms with Crippen molar-refractivity contribution in [3.8, 4) is 22.6 Å². The summed E-state index contributed by atoms with van der Waals surface area (Å²) in [6.07, 6.45) is 0.850. The minimum Gasteiger partial charge on any atom is -0.497 e. The van der Waals surface area contributed by atoms with Crippen LogP contribution in [0.15, 0.2) is 66.7 Å². The van der Waals surface area contributed by atoms with Crippen molar-refractivity contribution in [1.29, 1.82) is 0 Å². The minimum atomic E-state index is 0.0717. The summed E-state index contributed by atoms with van der Waals surface area (Å²) < 4.78 is 10.8. The van der Waals surface area contributed by atoms with Gasteiger partial charge in [-0.15, -0.1) is 0 Å². The Morgan fingerprint density at radius 3 is 2.29 bits per heavy atom. The molecule has 1 amide bonds. The number of carbonyl (C=O) groups is 1. The average molecular weight is 373 g/mol. The standard InChI is InChI=1S/C24H23NO3/c1-27-20-13-19(14-21(15-20)28-2)22-10-6-9-18-11-12-25(24(26)23(18)22)16-17-7-4-3-5-8-17/h3-10,13-15H,11-12,16H2,1-2H3. The van der Waals surface area contributed by atoms with Crippen molar-refractivity contribution in [3.63, 3.8) is 0 Å². The lowest BCUT2D eigenvalue weighted by atomic mass is 9.90. The van der Waals surface area contributed by atoms with Crippen molar-refractivity contribution in [3.05, 3.63) is 83.4 Å². The number of benzene rings is 3. The van der Waals surface area contributed by atoms with E-state index in [4.69, 9.17) is 9.47 Å². The zero-order valence-electron chi connectivity index (χ0n) is 16.1. The molecule has 1 aliphatic rings. The van der Waals surface area contributed by atoms with Crippen LogP contribution in [0.5, 0.6) is 11.5 Å². The molecule has 0 saturated heterocycles. The molecule has 4 rings (SSSR count). The molecule has 0 saturated carbocycles. The maximum Gasteiger partial charge on any atom is 0.255 e. The number of ether oxygens (including phenoxy) is 2. The topological polar surface area (TPSA) is 38.8 Å². The molecule has 0 atom stereocenters. The smallest absolute Gasteiger partial charge is 0.255 e. The fourth-order valence-electron chi connectivity index (χ4n) is 3.73. The van der Waals surface area contributed by atoms with Gasteiger partial charge < -0.3 is 14.4 Å². The van der Waals surface area contributed by atoms with Gasteiger partial charge >= 0.3 is 0 Å². The molecule has 4 heteroatoms. The Balaban J connectivity index is 1.75. The van der Waals surface area contributed by atoms with E-state index in [1.54, 1.807) is 14.2 Å². The van der Waals surface area contributed by atoms with Gasteiger partial charge in [0.25, 0.3) is 5.91 Å². The first-order valence-electron chi connectivity index (χ1n) is 9.38. The molecular weight excluding hydrogens is 350 g/mol. The second-order valence-electron chi connectivity index (χ2n) is 6.90. The van der Waals surface area contributed by atoms with E-state index in [1.165, 1.54) is 0 Å². The average Bonchev–Trinajstić information content (AvgIpc) is 2.75. The first-order chi connectivity index (χ1) is 13.7. The van der Waals surface area contributed by atoms with E-state index in [-0.39, 0.29) is 5.91 Å². The molecule has 0 bridgehead atoms. The Morgan fingerprint density at radius 2 is 1.61 bits per heavy atom. The molecule has 3 aromatic carbocycles. The molecule has 0 aliphatic carbocycles. The fourth-order valence-corrected chi connectivity index (χ4v) is 3.73. The predicted octanol–water partition coefficient (Wildman–Crippen LogP) is 4.57. The highest BCUT2D eigenvalue weighted by atomic mass is 16.5. The third-order valence-electron chi connectivity index (χ3n) is 5.18. The van der Waals surface area contributed by atoms with Crippen LogP contribution in [0.25, 0.3) is 11.1 Å². The van der Waals surface area contributed by atoms with Crippen LogP contribution >= 0.6 is 0 Å². The van der Waals surface area contributed by atoms with Crippen LogP contribution in [0.3, 0.4) is 0 Å². The van der Waals surface area contributed by atoms with Gasteiger partial charge in [0.05, 0.1) is 19.8 Å². The lowest BCUT2D eigenvalue weighted by Crippen LogP contribution is -2.37. The normalized spacial score (nSPS) is 13.2. The van der Waals surface area contributed by atoms with E-state index < -0.39 is 0 Å². The van der Waals surface area contributed by atoms with Gasteiger partial charge in [-0.1, -0.05) is 48.5 Å². The van der Waals surface area contributed by atoms with Crippen LogP contribution in [0.1, 0.15) is 21.5 Å². The van der Waals surface area contributed by atoms with Crippen LogP contribution in [0.2, 0.25) is 0 Å². The van der Waals surface area contributed by atoms with E-state index in [0.717, 1.165) is 40.8 Å². The number of fused-ring (bicyclic) bond motifs is 1. The number of methoxy groups -OCH3 is 2. The van der Waals surface area contributed by atoms with Crippen molar-refractivity contribution in [2.45, 2.75) is 13.0 Å². The molecule has 3 aromatic rings. The van der Waals surface area contributed by atoms with Crippen LogP contribution in [0.4, 0.5) is 0 Å². The zero-order chi connectivity index (χ0) is 19.5. The Morgan fingerprint density at radius 1 is 0.893 bits per heavy atom. The summed E-state index contributed by atoms with van der Waals surface area (Å²) in [6, 6.07) is 21.9. The van der Waals surface area contributed by atoms with Gasteiger partial charge in [0.2, 0.25) is 0 Å². The first-order valence-corrected chi connectivity index (χ1v) is 9.38.